The lowest BCUT2D eigenvalue weighted by Gasteiger charge is -2.19. The van der Waals surface area contributed by atoms with Gasteiger partial charge in [0.25, 0.3) is 5.91 Å². The topological polar surface area (TPSA) is 141 Å². The molecule has 0 aliphatic carbocycles. The fraction of sp³-hybridized carbons (Fsp3) is 0.333. The molecule has 2 aliphatic heterocycles. The van der Waals surface area contributed by atoms with Crippen molar-refractivity contribution in [2.75, 3.05) is 36.5 Å². The molecule has 4 N–H and O–H groups in total. The lowest BCUT2D eigenvalue weighted by atomic mass is 10.1. The zero-order valence-electron chi connectivity index (χ0n) is 21.1. The SMILES string of the molecule is C[C@H](N)COc1cccc(-c2cccc(CNCC[C@H]3CN(c4ccc5c(n4)NC(=O)CO5)C(=O)O3)c2)n1. The van der Waals surface area contributed by atoms with E-state index in [1.807, 2.05) is 37.3 Å². The van der Waals surface area contributed by atoms with Gasteiger partial charge in [-0.25, -0.2) is 14.8 Å². The number of hydrogen-bond donors (Lipinski definition) is 3. The summed E-state index contributed by atoms with van der Waals surface area (Å²) in [6.45, 7) is 3.94. The average molecular weight is 519 g/mol. The van der Waals surface area contributed by atoms with Gasteiger partial charge in [0.2, 0.25) is 5.88 Å². The van der Waals surface area contributed by atoms with Crippen molar-refractivity contribution in [2.24, 2.45) is 5.73 Å². The molecule has 2 aliphatic rings. The quantitative estimate of drug-likeness (QED) is 0.346. The zero-order valence-corrected chi connectivity index (χ0v) is 21.1. The third-order valence-corrected chi connectivity index (χ3v) is 6.02. The molecule has 1 fully saturated rings. The van der Waals surface area contributed by atoms with E-state index in [0.717, 1.165) is 16.8 Å². The van der Waals surface area contributed by atoms with Gasteiger partial charge in [0, 0.05) is 24.2 Å². The van der Waals surface area contributed by atoms with E-state index in [0.29, 0.717) is 55.9 Å². The minimum Gasteiger partial charge on any atom is -0.480 e. The number of fused-ring (bicyclic) bond motifs is 1. The molecule has 2 aromatic heterocycles. The molecule has 0 spiro atoms. The summed E-state index contributed by atoms with van der Waals surface area (Å²) in [6.07, 6.45) is -0.0845. The second kappa shape index (κ2) is 11.4. The fourth-order valence-corrected chi connectivity index (χ4v) is 4.17. The Hall–Kier alpha value is -4.22. The number of carbonyl (C=O) groups excluding carboxylic acids is 2. The van der Waals surface area contributed by atoms with Gasteiger partial charge in [-0.3, -0.25) is 9.69 Å². The first-order valence-electron chi connectivity index (χ1n) is 12.5. The molecule has 4 heterocycles. The number of rotatable bonds is 10. The lowest BCUT2D eigenvalue weighted by Crippen LogP contribution is -2.29. The van der Waals surface area contributed by atoms with Crippen LogP contribution in [-0.2, 0) is 16.1 Å². The first-order chi connectivity index (χ1) is 18.4. The maximum absolute atomic E-state index is 12.4. The van der Waals surface area contributed by atoms with Crippen molar-refractivity contribution in [1.29, 1.82) is 0 Å². The Labute approximate surface area is 220 Å². The van der Waals surface area contributed by atoms with Crippen molar-refractivity contribution in [2.45, 2.75) is 32.0 Å². The number of cyclic esters (lactones) is 1. The predicted octanol–water partition coefficient (Wildman–Crippen LogP) is 2.71. The van der Waals surface area contributed by atoms with Crippen LogP contribution in [0, 0.1) is 0 Å². The number of ether oxygens (including phenoxy) is 3. The smallest absolute Gasteiger partial charge is 0.415 e. The van der Waals surface area contributed by atoms with Crippen LogP contribution in [0.15, 0.2) is 54.6 Å². The number of amides is 2. The van der Waals surface area contributed by atoms with Crippen LogP contribution < -0.4 is 30.7 Å². The first-order valence-corrected chi connectivity index (χ1v) is 12.5. The molecule has 3 aromatic rings. The normalized spacial score (nSPS) is 17.3. The highest BCUT2D eigenvalue weighted by Crippen LogP contribution is 2.30. The number of hydrogen-bond acceptors (Lipinski definition) is 9. The number of nitrogens with zero attached hydrogens (tertiary/aromatic N) is 3. The molecule has 0 bridgehead atoms. The molecule has 0 radical (unpaired) electrons. The molecule has 38 heavy (non-hydrogen) atoms. The summed E-state index contributed by atoms with van der Waals surface area (Å²) in [7, 11) is 0. The van der Waals surface area contributed by atoms with Crippen LogP contribution in [0.3, 0.4) is 0 Å². The van der Waals surface area contributed by atoms with Gasteiger partial charge in [-0.05, 0) is 49.7 Å². The summed E-state index contributed by atoms with van der Waals surface area (Å²) in [4.78, 5) is 34.4. The highest BCUT2D eigenvalue weighted by atomic mass is 16.6. The summed E-state index contributed by atoms with van der Waals surface area (Å²) >= 11 is 0. The number of aromatic nitrogens is 2. The number of nitrogens with two attached hydrogens (primary N) is 1. The van der Waals surface area contributed by atoms with Crippen LogP contribution in [0.2, 0.25) is 0 Å². The number of benzene rings is 1. The highest BCUT2D eigenvalue weighted by Gasteiger charge is 2.33. The summed E-state index contributed by atoms with van der Waals surface area (Å²) in [5.41, 5.74) is 8.70. The molecule has 11 nitrogen and oxygen atoms in total. The Morgan fingerprint density at radius 3 is 2.92 bits per heavy atom. The van der Waals surface area contributed by atoms with E-state index in [9.17, 15) is 9.59 Å². The van der Waals surface area contributed by atoms with E-state index in [1.165, 1.54) is 4.90 Å². The van der Waals surface area contributed by atoms with Crippen LogP contribution in [0.25, 0.3) is 11.3 Å². The summed E-state index contributed by atoms with van der Waals surface area (Å²) in [5.74, 6) is 1.46. The number of pyridine rings is 2. The Morgan fingerprint density at radius 2 is 2.05 bits per heavy atom. The van der Waals surface area contributed by atoms with Gasteiger partial charge >= 0.3 is 6.09 Å². The summed E-state index contributed by atoms with van der Waals surface area (Å²) in [5, 5.41) is 6.07. The van der Waals surface area contributed by atoms with Crippen LogP contribution in [-0.4, -0.2) is 60.4 Å². The molecule has 11 heteroatoms. The molecule has 198 valence electrons. The average Bonchev–Trinajstić information content (AvgIpc) is 3.30. The molecule has 1 saturated heterocycles. The first kappa shape index (κ1) is 25.4. The Morgan fingerprint density at radius 1 is 1.18 bits per heavy atom. The van der Waals surface area contributed by atoms with Gasteiger partial charge in [0.15, 0.2) is 18.2 Å². The van der Waals surface area contributed by atoms with Crippen molar-refractivity contribution in [3.05, 3.63) is 60.2 Å². The number of nitrogens with one attached hydrogen (secondary N) is 2. The molecule has 2 amide bonds. The molecule has 0 saturated carbocycles. The Kier molecular flexibility index (Phi) is 7.66. The lowest BCUT2D eigenvalue weighted by molar-refractivity contribution is -0.118. The minimum absolute atomic E-state index is 0.0488. The Balaban J connectivity index is 1.12. The van der Waals surface area contributed by atoms with E-state index in [2.05, 4.69) is 32.7 Å². The maximum Gasteiger partial charge on any atom is 0.415 e. The van der Waals surface area contributed by atoms with E-state index >= 15 is 0 Å². The van der Waals surface area contributed by atoms with Crippen LogP contribution in [0.4, 0.5) is 16.4 Å². The fourth-order valence-electron chi connectivity index (χ4n) is 4.17. The van der Waals surface area contributed by atoms with Gasteiger partial charge in [-0.15, -0.1) is 0 Å². The molecule has 1 aromatic carbocycles. The van der Waals surface area contributed by atoms with Crippen molar-refractivity contribution in [3.63, 3.8) is 0 Å². The Bertz CT molecular complexity index is 1320. The van der Waals surface area contributed by atoms with Gasteiger partial charge in [0.1, 0.15) is 18.5 Å². The predicted molar refractivity (Wildman–Crippen MR) is 141 cm³/mol. The second-order valence-electron chi connectivity index (χ2n) is 9.28. The van der Waals surface area contributed by atoms with E-state index < -0.39 is 6.09 Å². The van der Waals surface area contributed by atoms with Crippen molar-refractivity contribution in [1.82, 2.24) is 15.3 Å². The summed E-state index contributed by atoms with van der Waals surface area (Å²) < 4.78 is 16.5. The van der Waals surface area contributed by atoms with Crippen LogP contribution >= 0.6 is 0 Å². The standard InChI is InChI=1S/C27H30N6O5/c1-17(28)15-37-25-7-3-6-21(30-25)19-5-2-4-18(12-19)13-29-11-10-20-14-33(27(35)38-20)23-9-8-22-26(31-23)32-24(34)16-36-22/h2-9,12,17,20,29H,10-11,13-16,28H2,1H3,(H,31,32,34)/t17-,20-/m0/s1. The monoisotopic (exact) mass is 518 g/mol. The molecular weight excluding hydrogens is 488 g/mol. The highest BCUT2D eigenvalue weighted by molar-refractivity contribution is 5.95. The third-order valence-electron chi connectivity index (χ3n) is 6.02. The maximum atomic E-state index is 12.4. The van der Waals surface area contributed by atoms with Gasteiger partial charge in [-0.2, -0.15) is 0 Å². The minimum atomic E-state index is -0.460. The number of anilines is 2. The van der Waals surface area contributed by atoms with Gasteiger partial charge in [-0.1, -0.05) is 24.3 Å². The number of carbonyl (C=O) groups is 2. The van der Waals surface area contributed by atoms with Crippen molar-refractivity contribution in [3.8, 4) is 22.9 Å². The molecule has 5 rings (SSSR count). The van der Waals surface area contributed by atoms with E-state index in [1.54, 1.807) is 12.1 Å². The largest absolute Gasteiger partial charge is 0.480 e. The summed E-state index contributed by atoms with van der Waals surface area (Å²) in [6, 6.07) is 17.1. The van der Waals surface area contributed by atoms with Crippen LogP contribution in [0.1, 0.15) is 18.9 Å². The van der Waals surface area contributed by atoms with E-state index in [-0.39, 0.29) is 24.7 Å². The van der Waals surface area contributed by atoms with Gasteiger partial charge in [0.05, 0.1) is 12.2 Å². The van der Waals surface area contributed by atoms with Crippen LogP contribution in [0.5, 0.6) is 11.6 Å². The molecule has 2 atom stereocenters. The molecular formula is C27H30N6O5. The van der Waals surface area contributed by atoms with Crippen molar-refractivity contribution >= 4 is 23.6 Å². The zero-order chi connectivity index (χ0) is 26.5. The third kappa shape index (κ3) is 6.18. The van der Waals surface area contributed by atoms with Crippen molar-refractivity contribution < 1.29 is 23.8 Å². The second-order valence-corrected chi connectivity index (χ2v) is 9.28. The van der Waals surface area contributed by atoms with Gasteiger partial charge < -0.3 is 30.6 Å². The van der Waals surface area contributed by atoms with E-state index in [4.69, 9.17) is 19.9 Å². The molecule has 0 unspecified atom stereocenters.